The Bertz CT molecular complexity index is 4370. The van der Waals surface area contributed by atoms with E-state index in [4.69, 9.17) is 29.9 Å². The first-order chi connectivity index (χ1) is 38.6. The summed E-state index contributed by atoms with van der Waals surface area (Å²) in [5.74, 6) is 3.23. The van der Waals surface area contributed by atoms with Crippen molar-refractivity contribution < 1.29 is 0 Å². The molecule has 0 saturated heterocycles. The summed E-state index contributed by atoms with van der Waals surface area (Å²) in [7, 11) is 0. The topological polar surface area (TPSA) is 135 Å². The van der Waals surface area contributed by atoms with Gasteiger partial charge in [-0.1, -0.05) is 200 Å². The van der Waals surface area contributed by atoms with Crippen molar-refractivity contribution in [3.8, 4) is 103 Å². The maximum atomic E-state index is 11.9. The van der Waals surface area contributed by atoms with Gasteiger partial charge in [0.2, 0.25) is 0 Å². The fraction of sp³-hybridized carbons (Fsp3) is 0. The summed E-state index contributed by atoms with van der Waals surface area (Å²) >= 11 is 0. The molecule has 0 fully saturated rings. The van der Waals surface area contributed by atoms with Crippen LogP contribution >= 0.6 is 0 Å². The molecule has 0 radical (unpaired) electrons. The lowest BCUT2D eigenvalue weighted by Gasteiger charge is -2.19. The number of hydrogen-bond donors (Lipinski definition) is 0. The number of benzene rings is 10. The highest BCUT2D eigenvalue weighted by Gasteiger charge is 2.25. The second kappa shape index (κ2) is 18.9. The number of hydrogen-bond acceptors (Lipinski definition) is 8. The van der Waals surface area contributed by atoms with Crippen molar-refractivity contribution in [3.63, 3.8) is 0 Å². The quantitative estimate of drug-likeness (QED) is 0.139. The van der Waals surface area contributed by atoms with Crippen molar-refractivity contribution in [1.29, 1.82) is 10.5 Å². The molecule has 4 heterocycles. The van der Waals surface area contributed by atoms with E-state index in [2.05, 4.69) is 81.9 Å². The van der Waals surface area contributed by atoms with Crippen molar-refractivity contribution in [3.05, 3.63) is 254 Å². The molecule has 0 spiro atoms. The predicted molar refractivity (Wildman–Crippen MR) is 309 cm³/mol. The fourth-order valence-corrected chi connectivity index (χ4v) is 10.7. The summed E-state index contributed by atoms with van der Waals surface area (Å²) in [5.41, 5.74) is 12.2. The van der Waals surface area contributed by atoms with Gasteiger partial charge in [0.1, 0.15) is 11.6 Å². The molecular weight excluding hydrogens is 957 g/mol. The van der Waals surface area contributed by atoms with E-state index < -0.39 is 0 Å². The van der Waals surface area contributed by atoms with E-state index in [1.807, 2.05) is 182 Å². The van der Waals surface area contributed by atoms with Gasteiger partial charge in [0, 0.05) is 54.9 Å². The number of nitrogens with zero attached hydrogens (tertiary/aromatic N) is 10. The Labute approximate surface area is 447 Å². The van der Waals surface area contributed by atoms with Gasteiger partial charge in [-0.3, -0.25) is 0 Å². The Balaban J connectivity index is 1.04. The molecule has 0 bridgehead atoms. The number of aromatic nitrogens is 8. The average Bonchev–Trinajstić information content (AvgIpc) is 4.16. The molecular formula is C68H40N10. The maximum Gasteiger partial charge on any atom is 0.164 e. The third-order valence-electron chi connectivity index (χ3n) is 14.3. The first-order valence-corrected chi connectivity index (χ1v) is 25.5. The van der Waals surface area contributed by atoms with Gasteiger partial charge in [0.25, 0.3) is 0 Å². The van der Waals surface area contributed by atoms with Crippen LogP contribution in [0.3, 0.4) is 0 Å². The Morgan fingerprint density at radius 3 is 0.987 bits per heavy atom. The van der Waals surface area contributed by atoms with E-state index in [0.29, 0.717) is 57.4 Å². The molecule has 10 aromatic carbocycles. The standard InChI is InChI=1S/C68H40N10/c69-41-49-27-13-14-28-51(49)50-39-61(77-57-31-17-15-29-52(57)54-35-33-47(37-59(54)77)67-73-63(43-19-5-1-6-20-43)71-64(74-67)44-21-7-2-8-22-44)56(42-70)62(40-50)78-58-32-18-16-30-53(58)55-36-34-48(38-60(55)78)68-75-65(45-23-9-3-10-24-45)72-66(76-68)46-25-11-4-12-26-46/h1-40H. The van der Waals surface area contributed by atoms with Gasteiger partial charge in [-0.2, -0.15) is 10.5 Å². The van der Waals surface area contributed by atoms with Gasteiger partial charge in [-0.15, -0.1) is 0 Å². The van der Waals surface area contributed by atoms with Crippen molar-refractivity contribution >= 4 is 43.6 Å². The van der Waals surface area contributed by atoms with Crippen molar-refractivity contribution in [1.82, 2.24) is 39.0 Å². The van der Waals surface area contributed by atoms with Gasteiger partial charge < -0.3 is 9.13 Å². The van der Waals surface area contributed by atoms with Crippen LogP contribution in [0.25, 0.3) is 134 Å². The zero-order chi connectivity index (χ0) is 52.1. The predicted octanol–water partition coefficient (Wildman–Crippen LogP) is 15.7. The minimum atomic E-state index is 0.421. The smallest absolute Gasteiger partial charge is 0.164 e. The van der Waals surface area contributed by atoms with Gasteiger partial charge in [0.15, 0.2) is 34.9 Å². The SMILES string of the molecule is N#Cc1ccccc1-c1cc(-n2c3ccccc3c3ccc(-c4nc(-c5ccccc5)nc(-c5ccccc5)n4)cc32)c(C#N)c(-n2c3ccccc3c3ccc(-c4nc(-c5ccccc5)nc(-c5ccccc5)n4)cc32)c1. The average molecular weight is 997 g/mol. The second-order valence-corrected chi connectivity index (χ2v) is 18.9. The first-order valence-electron chi connectivity index (χ1n) is 25.5. The van der Waals surface area contributed by atoms with Gasteiger partial charge >= 0.3 is 0 Å². The van der Waals surface area contributed by atoms with Crippen LogP contribution < -0.4 is 0 Å². The largest absolute Gasteiger partial charge is 0.308 e. The molecule has 0 saturated carbocycles. The molecule has 78 heavy (non-hydrogen) atoms. The molecule has 0 atom stereocenters. The highest BCUT2D eigenvalue weighted by atomic mass is 15.1. The van der Waals surface area contributed by atoms with Crippen LogP contribution in [-0.4, -0.2) is 39.0 Å². The lowest BCUT2D eigenvalue weighted by Crippen LogP contribution is -2.06. The summed E-state index contributed by atoms with van der Waals surface area (Å²) in [6.07, 6.45) is 0. The van der Waals surface area contributed by atoms with Crippen molar-refractivity contribution in [2.75, 3.05) is 0 Å². The van der Waals surface area contributed by atoms with Crippen molar-refractivity contribution in [2.45, 2.75) is 0 Å². The zero-order valence-corrected chi connectivity index (χ0v) is 41.6. The Hall–Kier alpha value is -11.2. The molecule has 0 amide bonds. The Morgan fingerprint density at radius 1 is 0.269 bits per heavy atom. The first kappa shape index (κ1) is 45.4. The van der Waals surface area contributed by atoms with E-state index in [-0.39, 0.29) is 0 Å². The molecule has 4 aromatic heterocycles. The molecule has 0 N–H and O–H groups in total. The van der Waals surface area contributed by atoms with Crippen LogP contribution in [0.15, 0.2) is 243 Å². The summed E-state index contributed by atoms with van der Waals surface area (Å²) < 4.78 is 4.35. The zero-order valence-electron chi connectivity index (χ0n) is 41.6. The molecule has 10 nitrogen and oxygen atoms in total. The second-order valence-electron chi connectivity index (χ2n) is 18.9. The van der Waals surface area contributed by atoms with Crippen LogP contribution in [-0.2, 0) is 0 Å². The molecule has 0 unspecified atom stereocenters. The fourth-order valence-electron chi connectivity index (χ4n) is 10.7. The third kappa shape index (κ3) is 7.81. The number of rotatable bonds is 9. The van der Waals surface area contributed by atoms with Crippen LogP contribution in [0.2, 0.25) is 0 Å². The molecule has 14 rings (SSSR count). The Morgan fingerprint density at radius 2 is 0.603 bits per heavy atom. The summed E-state index contributed by atoms with van der Waals surface area (Å²) in [6.45, 7) is 0. The van der Waals surface area contributed by atoms with Gasteiger partial charge in [-0.25, -0.2) is 29.9 Å². The van der Waals surface area contributed by atoms with Crippen LogP contribution in [0.5, 0.6) is 0 Å². The number of nitriles is 2. The summed E-state index contributed by atoms with van der Waals surface area (Å²) in [6, 6.07) is 85.7. The van der Waals surface area contributed by atoms with Crippen LogP contribution in [0.4, 0.5) is 0 Å². The van der Waals surface area contributed by atoms with Gasteiger partial charge in [-0.05, 0) is 53.6 Å². The maximum absolute atomic E-state index is 11.9. The molecule has 10 heteroatoms. The van der Waals surface area contributed by atoms with E-state index in [0.717, 1.165) is 88.1 Å². The molecule has 0 aliphatic rings. The Kier molecular flexibility index (Phi) is 11.0. The normalized spacial score (nSPS) is 11.3. The molecule has 14 aromatic rings. The minimum absolute atomic E-state index is 0.421. The summed E-state index contributed by atoms with van der Waals surface area (Å²) in [5, 5.41) is 26.5. The molecule has 0 aliphatic heterocycles. The lowest BCUT2D eigenvalue weighted by molar-refractivity contribution is 1.07. The van der Waals surface area contributed by atoms with E-state index in [1.165, 1.54) is 0 Å². The highest BCUT2D eigenvalue weighted by molar-refractivity contribution is 6.12. The number of para-hydroxylation sites is 2. The van der Waals surface area contributed by atoms with Crippen LogP contribution in [0.1, 0.15) is 11.1 Å². The van der Waals surface area contributed by atoms with Gasteiger partial charge in [0.05, 0.1) is 45.1 Å². The molecule has 362 valence electrons. The minimum Gasteiger partial charge on any atom is -0.308 e. The lowest BCUT2D eigenvalue weighted by atomic mass is 9.96. The van der Waals surface area contributed by atoms with E-state index >= 15 is 0 Å². The number of fused-ring (bicyclic) bond motifs is 6. The van der Waals surface area contributed by atoms with E-state index in [1.54, 1.807) is 0 Å². The van der Waals surface area contributed by atoms with Crippen molar-refractivity contribution in [2.24, 2.45) is 0 Å². The summed E-state index contributed by atoms with van der Waals surface area (Å²) in [4.78, 5) is 30.4. The monoisotopic (exact) mass is 996 g/mol. The molecule has 0 aliphatic carbocycles. The third-order valence-corrected chi connectivity index (χ3v) is 14.3. The highest BCUT2D eigenvalue weighted by Crippen LogP contribution is 2.42. The van der Waals surface area contributed by atoms with E-state index in [9.17, 15) is 10.5 Å². The van der Waals surface area contributed by atoms with Crippen LogP contribution in [0, 0.1) is 22.7 Å².